The van der Waals surface area contributed by atoms with E-state index < -0.39 is 0 Å². The molecule has 0 bridgehead atoms. The molecule has 24 heavy (non-hydrogen) atoms. The van der Waals surface area contributed by atoms with Gasteiger partial charge in [-0.15, -0.1) is 0 Å². The smallest absolute Gasteiger partial charge is 0.230 e. The monoisotopic (exact) mass is 325 g/mol. The van der Waals surface area contributed by atoms with E-state index in [2.05, 4.69) is 28.3 Å². The number of hydrogen-bond donors (Lipinski definition) is 0. The third-order valence-corrected chi connectivity index (χ3v) is 5.15. The summed E-state index contributed by atoms with van der Waals surface area (Å²) >= 11 is 0. The quantitative estimate of drug-likeness (QED) is 0.871. The topological polar surface area (TPSA) is 49.6 Å². The summed E-state index contributed by atoms with van der Waals surface area (Å²) in [5, 5.41) is 3.94. The van der Waals surface area contributed by atoms with Crippen molar-refractivity contribution < 1.29 is 9.32 Å². The van der Waals surface area contributed by atoms with Crippen molar-refractivity contribution in [2.75, 3.05) is 24.5 Å². The van der Waals surface area contributed by atoms with E-state index >= 15 is 0 Å². The van der Waals surface area contributed by atoms with Gasteiger partial charge in [0.05, 0.1) is 12.2 Å². The Balaban J connectivity index is 1.35. The van der Waals surface area contributed by atoms with Crippen LogP contribution in [0.1, 0.15) is 29.9 Å². The van der Waals surface area contributed by atoms with Crippen LogP contribution in [0.4, 0.5) is 5.69 Å². The maximum absolute atomic E-state index is 12.9. The minimum Gasteiger partial charge on any atom is -0.360 e. The average molecular weight is 325 g/mol. The summed E-state index contributed by atoms with van der Waals surface area (Å²) in [5.41, 5.74) is 3.33. The number of likely N-dealkylation sites (tertiary alicyclic amines) is 1. The molecule has 1 saturated heterocycles. The fraction of sp³-hybridized carbons (Fsp3) is 0.474. The number of aromatic nitrogens is 1. The number of carbonyl (C=O) groups excluding carboxylic acids is 1. The first-order chi connectivity index (χ1) is 11.7. The highest BCUT2D eigenvalue weighted by molar-refractivity contribution is 5.97. The van der Waals surface area contributed by atoms with Crippen molar-refractivity contribution in [3.05, 3.63) is 47.3 Å². The van der Waals surface area contributed by atoms with Gasteiger partial charge in [0.2, 0.25) is 5.91 Å². The first kappa shape index (κ1) is 15.4. The van der Waals surface area contributed by atoms with Crippen LogP contribution in [0.2, 0.25) is 0 Å². The number of carbonyl (C=O) groups is 1. The van der Waals surface area contributed by atoms with E-state index in [4.69, 9.17) is 4.52 Å². The van der Waals surface area contributed by atoms with Gasteiger partial charge >= 0.3 is 0 Å². The molecule has 0 unspecified atom stereocenters. The number of hydrogen-bond acceptors (Lipinski definition) is 4. The van der Waals surface area contributed by atoms with Crippen molar-refractivity contribution in [3.63, 3.8) is 0 Å². The Morgan fingerprint density at radius 2 is 2.04 bits per heavy atom. The van der Waals surface area contributed by atoms with Crippen molar-refractivity contribution in [1.82, 2.24) is 10.1 Å². The van der Waals surface area contributed by atoms with Crippen LogP contribution in [0.25, 0.3) is 0 Å². The van der Waals surface area contributed by atoms with Crippen LogP contribution in [-0.4, -0.2) is 35.6 Å². The van der Waals surface area contributed by atoms with Gasteiger partial charge in [0.15, 0.2) is 5.76 Å². The molecule has 2 aliphatic rings. The van der Waals surface area contributed by atoms with Gasteiger partial charge in [0, 0.05) is 24.2 Å². The van der Waals surface area contributed by atoms with Crippen molar-refractivity contribution in [1.29, 1.82) is 0 Å². The first-order valence-electron chi connectivity index (χ1n) is 8.74. The lowest BCUT2D eigenvalue weighted by molar-refractivity contribution is -0.123. The molecule has 1 aromatic carbocycles. The number of amides is 1. The summed E-state index contributed by atoms with van der Waals surface area (Å²) in [4.78, 5) is 17.3. The maximum atomic E-state index is 12.9. The van der Waals surface area contributed by atoms with Gasteiger partial charge in [-0.1, -0.05) is 23.4 Å². The first-order valence-corrected chi connectivity index (χ1v) is 8.74. The Bertz CT molecular complexity index is 732. The highest BCUT2D eigenvalue weighted by Gasteiger charge is 2.32. The fourth-order valence-electron chi connectivity index (χ4n) is 3.84. The number of fused-ring (bicyclic) bond motifs is 1. The number of benzene rings is 1. The highest BCUT2D eigenvalue weighted by atomic mass is 16.5. The normalized spacial score (nSPS) is 18.8. The van der Waals surface area contributed by atoms with Gasteiger partial charge < -0.3 is 9.42 Å². The molecular weight excluding hydrogens is 302 g/mol. The highest BCUT2D eigenvalue weighted by Crippen LogP contribution is 2.31. The van der Waals surface area contributed by atoms with E-state index in [-0.39, 0.29) is 5.92 Å². The molecule has 0 radical (unpaired) electrons. The van der Waals surface area contributed by atoms with Gasteiger partial charge in [0.25, 0.3) is 0 Å². The second kappa shape index (κ2) is 6.40. The molecule has 0 atom stereocenters. The SMILES string of the molecule is Cc1cc(CN2CCC(C(=O)N3CCc4ccccc43)CC2)on1. The lowest BCUT2D eigenvalue weighted by Crippen LogP contribution is -2.41. The largest absolute Gasteiger partial charge is 0.360 e. The molecule has 4 rings (SSSR count). The summed E-state index contributed by atoms with van der Waals surface area (Å²) in [6.07, 6.45) is 2.82. The molecule has 2 aromatic rings. The van der Waals surface area contributed by atoms with Crippen LogP contribution in [0.5, 0.6) is 0 Å². The Labute approximate surface area is 142 Å². The predicted molar refractivity (Wildman–Crippen MR) is 91.7 cm³/mol. The standard InChI is InChI=1S/C19H23N3O2/c1-14-12-17(24-20-14)13-21-9-6-16(7-10-21)19(23)22-11-8-15-4-2-3-5-18(15)22/h2-5,12,16H,6-11,13H2,1H3. The van der Waals surface area contributed by atoms with Gasteiger partial charge in [0.1, 0.15) is 0 Å². The Kier molecular flexibility index (Phi) is 4.10. The Morgan fingerprint density at radius 3 is 2.79 bits per heavy atom. The number of para-hydroxylation sites is 1. The number of anilines is 1. The molecule has 0 aliphatic carbocycles. The summed E-state index contributed by atoms with van der Waals surface area (Å²) in [6.45, 7) is 5.42. The second-order valence-electron chi connectivity index (χ2n) is 6.85. The molecule has 0 N–H and O–H groups in total. The molecule has 126 valence electrons. The minimum absolute atomic E-state index is 0.142. The number of rotatable bonds is 3. The summed E-state index contributed by atoms with van der Waals surface area (Å²) < 4.78 is 5.29. The summed E-state index contributed by atoms with van der Waals surface area (Å²) in [7, 11) is 0. The van der Waals surface area contributed by atoms with E-state index in [1.54, 1.807) is 0 Å². The number of aryl methyl sites for hydroxylation is 1. The van der Waals surface area contributed by atoms with Gasteiger partial charge in [-0.2, -0.15) is 0 Å². The molecule has 1 aromatic heterocycles. The second-order valence-corrected chi connectivity index (χ2v) is 6.85. The maximum Gasteiger partial charge on any atom is 0.230 e. The van der Waals surface area contributed by atoms with Crippen LogP contribution >= 0.6 is 0 Å². The van der Waals surface area contributed by atoms with Crippen molar-refractivity contribution in [2.24, 2.45) is 5.92 Å². The molecule has 5 nitrogen and oxygen atoms in total. The Morgan fingerprint density at radius 1 is 1.25 bits per heavy atom. The van der Waals surface area contributed by atoms with Crippen LogP contribution in [0.15, 0.2) is 34.9 Å². The van der Waals surface area contributed by atoms with Crippen molar-refractivity contribution >= 4 is 11.6 Å². The fourth-order valence-corrected chi connectivity index (χ4v) is 3.84. The van der Waals surface area contributed by atoms with E-state index in [0.717, 1.165) is 62.6 Å². The van der Waals surface area contributed by atoms with E-state index in [0.29, 0.717) is 5.91 Å². The number of piperidine rings is 1. The lowest BCUT2D eigenvalue weighted by atomic mass is 9.95. The molecule has 3 heterocycles. The molecule has 0 spiro atoms. The lowest BCUT2D eigenvalue weighted by Gasteiger charge is -2.32. The van der Waals surface area contributed by atoms with Crippen LogP contribution in [0, 0.1) is 12.8 Å². The molecular formula is C19H23N3O2. The molecule has 5 heteroatoms. The summed E-state index contributed by atoms with van der Waals surface area (Å²) in [5.74, 6) is 1.35. The van der Waals surface area contributed by atoms with Gasteiger partial charge in [-0.3, -0.25) is 9.69 Å². The zero-order valence-electron chi connectivity index (χ0n) is 14.1. The van der Waals surface area contributed by atoms with Crippen molar-refractivity contribution in [2.45, 2.75) is 32.7 Å². The zero-order chi connectivity index (χ0) is 16.5. The van der Waals surface area contributed by atoms with E-state index in [1.807, 2.05) is 24.0 Å². The molecule has 2 aliphatic heterocycles. The molecule has 0 saturated carbocycles. The van der Waals surface area contributed by atoms with Crippen LogP contribution in [-0.2, 0) is 17.8 Å². The van der Waals surface area contributed by atoms with E-state index in [1.165, 1.54) is 5.56 Å². The van der Waals surface area contributed by atoms with Gasteiger partial charge in [-0.05, 0) is 50.9 Å². The molecule has 1 amide bonds. The minimum atomic E-state index is 0.142. The zero-order valence-corrected chi connectivity index (χ0v) is 14.1. The predicted octanol–water partition coefficient (Wildman–Crippen LogP) is 2.78. The van der Waals surface area contributed by atoms with Crippen LogP contribution in [0.3, 0.4) is 0 Å². The van der Waals surface area contributed by atoms with Gasteiger partial charge in [-0.25, -0.2) is 0 Å². The molecule has 1 fully saturated rings. The third kappa shape index (κ3) is 2.96. The van der Waals surface area contributed by atoms with Crippen molar-refractivity contribution in [3.8, 4) is 0 Å². The Hall–Kier alpha value is -2.14. The van der Waals surface area contributed by atoms with E-state index in [9.17, 15) is 4.79 Å². The average Bonchev–Trinajstić information content (AvgIpc) is 3.21. The van der Waals surface area contributed by atoms with Crippen LogP contribution < -0.4 is 4.90 Å². The number of nitrogens with zero attached hydrogens (tertiary/aromatic N) is 3. The third-order valence-electron chi connectivity index (χ3n) is 5.15. The summed E-state index contributed by atoms with van der Waals surface area (Å²) in [6, 6.07) is 10.3.